The molecule has 2 heterocycles. The Labute approximate surface area is 123 Å². The van der Waals surface area contributed by atoms with Crippen molar-refractivity contribution in [3.8, 4) is 5.75 Å². The fourth-order valence-corrected chi connectivity index (χ4v) is 3.02. The number of para-hydroxylation sites is 1. The van der Waals surface area contributed by atoms with Gasteiger partial charge in [0, 0.05) is 25.2 Å². The monoisotopic (exact) mass is 289 g/mol. The molecular weight excluding hydrogens is 270 g/mol. The van der Waals surface area contributed by atoms with Crippen LogP contribution in [0.2, 0.25) is 0 Å². The maximum atomic E-state index is 12.9. The van der Waals surface area contributed by atoms with Crippen molar-refractivity contribution in [2.24, 2.45) is 5.73 Å². The van der Waals surface area contributed by atoms with Crippen LogP contribution in [-0.2, 0) is 9.59 Å². The van der Waals surface area contributed by atoms with E-state index >= 15 is 0 Å². The van der Waals surface area contributed by atoms with E-state index in [-0.39, 0.29) is 11.8 Å². The molecule has 2 amide bonds. The van der Waals surface area contributed by atoms with E-state index in [1.54, 1.807) is 4.90 Å². The quantitative estimate of drug-likeness (QED) is 0.792. The van der Waals surface area contributed by atoms with Crippen molar-refractivity contribution in [3.05, 3.63) is 29.8 Å². The van der Waals surface area contributed by atoms with Crippen LogP contribution in [0, 0.1) is 0 Å². The van der Waals surface area contributed by atoms with Crippen LogP contribution in [0.3, 0.4) is 0 Å². The van der Waals surface area contributed by atoms with Crippen LogP contribution in [0.4, 0.5) is 0 Å². The molecule has 1 fully saturated rings. The van der Waals surface area contributed by atoms with Gasteiger partial charge in [-0.3, -0.25) is 9.59 Å². The molecule has 0 radical (unpaired) electrons. The lowest BCUT2D eigenvalue weighted by molar-refractivity contribution is -0.142. The summed E-state index contributed by atoms with van der Waals surface area (Å²) in [5.41, 5.74) is 6.32. The zero-order valence-electron chi connectivity index (χ0n) is 11.7. The number of nitrogens with two attached hydrogens (primary N) is 1. The van der Waals surface area contributed by atoms with Crippen LogP contribution in [-0.4, -0.2) is 49.0 Å². The zero-order valence-corrected chi connectivity index (χ0v) is 11.7. The number of amides is 2. The van der Waals surface area contributed by atoms with Crippen molar-refractivity contribution in [2.45, 2.75) is 18.4 Å². The molecule has 1 saturated heterocycles. The second-order valence-electron chi connectivity index (χ2n) is 5.38. The average molecular weight is 289 g/mol. The van der Waals surface area contributed by atoms with Gasteiger partial charge in [0.2, 0.25) is 11.8 Å². The van der Waals surface area contributed by atoms with Gasteiger partial charge in [0.05, 0.1) is 12.5 Å². The van der Waals surface area contributed by atoms with Crippen LogP contribution in [0.1, 0.15) is 17.9 Å². The molecule has 0 aliphatic carbocycles. The molecule has 1 aromatic rings. The predicted molar refractivity (Wildman–Crippen MR) is 76.9 cm³/mol. The minimum Gasteiger partial charge on any atom is -0.493 e. The van der Waals surface area contributed by atoms with Gasteiger partial charge in [0.25, 0.3) is 0 Å². The lowest BCUT2D eigenvalue weighted by Gasteiger charge is -2.37. The SMILES string of the molecule is NC(=O)C1CNCCN1C(=O)C1CCOc2ccccc21. The highest BCUT2D eigenvalue weighted by Gasteiger charge is 2.37. The van der Waals surface area contributed by atoms with E-state index in [2.05, 4.69) is 5.32 Å². The maximum Gasteiger partial charge on any atom is 0.241 e. The molecule has 2 aliphatic rings. The van der Waals surface area contributed by atoms with Crippen molar-refractivity contribution in [1.29, 1.82) is 0 Å². The summed E-state index contributed by atoms with van der Waals surface area (Å²) in [6, 6.07) is 7.01. The van der Waals surface area contributed by atoms with E-state index in [9.17, 15) is 9.59 Å². The standard InChI is InChI=1S/C15H19N3O3/c16-14(19)12-9-17-6-7-18(12)15(20)11-5-8-21-13-4-2-1-3-10(11)13/h1-4,11-12,17H,5-9H2,(H2,16,19). The number of benzene rings is 1. The Morgan fingerprint density at radius 2 is 2.14 bits per heavy atom. The summed E-state index contributed by atoms with van der Waals surface area (Å²) in [7, 11) is 0. The van der Waals surface area contributed by atoms with Crippen LogP contribution in [0.5, 0.6) is 5.75 Å². The molecule has 21 heavy (non-hydrogen) atoms. The number of ether oxygens (including phenoxy) is 1. The normalized spacial score (nSPS) is 24.9. The Kier molecular flexibility index (Phi) is 3.79. The topological polar surface area (TPSA) is 84.7 Å². The van der Waals surface area contributed by atoms with Gasteiger partial charge in [-0.15, -0.1) is 0 Å². The van der Waals surface area contributed by atoms with Crippen LogP contribution >= 0.6 is 0 Å². The molecule has 0 bridgehead atoms. The predicted octanol–water partition coefficient (Wildman–Crippen LogP) is -0.162. The third-order valence-electron chi connectivity index (χ3n) is 4.11. The summed E-state index contributed by atoms with van der Waals surface area (Å²) in [6.45, 7) is 2.12. The Morgan fingerprint density at radius 1 is 1.33 bits per heavy atom. The van der Waals surface area contributed by atoms with Gasteiger partial charge in [-0.25, -0.2) is 0 Å². The second kappa shape index (κ2) is 5.73. The molecule has 0 aromatic heterocycles. The number of nitrogens with zero attached hydrogens (tertiary/aromatic N) is 1. The van der Waals surface area contributed by atoms with Gasteiger partial charge in [-0.05, 0) is 12.5 Å². The van der Waals surface area contributed by atoms with Gasteiger partial charge >= 0.3 is 0 Å². The number of rotatable bonds is 2. The van der Waals surface area contributed by atoms with Gasteiger partial charge in [-0.2, -0.15) is 0 Å². The third kappa shape index (κ3) is 2.58. The summed E-state index contributed by atoms with van der Waals surface area (Å²) < 4.78 is 5.59. The van der Waals surface area contributed by atoms with Gasteiger partial charge < -0.3 is 20.7 Å². The minimum absolute atomic E-state index is 0.0314. The van der Waals surface area contributed by atoms with Crippen molar-refractivity contribution >= 4 is 11.8 Å². The molecule has 112 valence electrons. The molecule has 6 heteroatoms. The molecule has 3 N–H and O–H groups in total. The third-order valence-corrected chi connectivity index (χ3v) is 4.11. The molecule has 0 spiro atoms. The van der Waals surface area contributed by atoms with E-state index in [4.69, 9.17) is 10.5 Å². The molecule has 2 aliphatic heterocycles. The number of primary amides is 1. The lowest BCUT2D eigenvalue weighted by Crippen LogP contribution is -2.59. The van der Waals surface area contributed by atoms with Crippen molar-refractivity contribution < 1.29 is 14.3 Å². The Bertz CT molecular complexity index is 561. The van der Waals surface area contributed by atoms with E-state index < -0.39 is 11.9 Å². The smallest absolute Gasteiger partial charge is 0.241 e. The van der Waals surface area contributed by atoms with Crippen LogP contribution in [0.25, 0.3) is 0 Å². The molecule has 1 aromatic carbocycles. The summed E-state index contributed by atoms with van der Waals surface area (Å²) in [6.07, 6.45) is 0.630. The first kappa shape index (κ1) is 13.9. The summed E-state index contributed by atoms with van der Waals surface area (Å²) in [5.74, 6) is 0.00899. The minimum atomic E-state index is -0.568. The fraction of sp³-hybridized carbons (Fsp3) is 0.467. The number of hydrogen-bond donors (Lipinski definition) is 2. The van der Waals surface area contributed by atoms with Gasteiger partial charge in [-0.1, -0.05) is 18.2 Å². The number of carbonyl (C=O) groups excluding carboxylic acids is 2. The van der Waals surface area contributed by atoms with Gasteiger partial charge in [0.15, 0.2) is 0 Å². The first-order chi connectivity index (χ1) is 10.2. The van der Waals surface area contributed by atoms with Crippen LogP contribution in [0.15, 0.2) is 24.3 Å². The first-order valence-corrected chi connectivity index (χ1v) is 7.20. The average Bonchev–Trinajstić information content (AvgIpc) is 2.53. The van der Waals surface area contributed by atoms with Crippen molar-refractivity contribution in [2.75, 3.05) is 26.2 Å². The summed E-state index contributed by atoms with van der Waals surface area (Å²) in [4.78, 5) is 26.0. The largest absolute Gasteiger partial charge is 0.493 e. The highest BCUT2D eigenvalue weighted by Crippen LogP contribution is 2.35. The van der Waals surface area contributed by atoms with E-state index in [1.807, 2.05) is 24.3 Å². The summed E-state index contributed by atoms with van der Waals surface area (Å²) >= 11 is 0. The lowest BCUT2D eigenvalue weighted by atomic mass is 9.91. The Morgan fingerprint density at radius 3 is 2.95 bits per heavy atom. The molecular formula is C15H19N3O3. The van der Waals surface area contributed by atoms with E-state index in [1.165, 1.54) is 0 Å². The zero-order chi connectivity index (χ0) is 14.8. The van der Waals surface area contributed by atoms with Crippen molar-refractivity contribution in [3.63, 3.8) is 0 Å². The number of nitrogens with one attached hydrogen (secondary N) is 1. The Balaban J connectivity index is 1.86. The van der Waals surface area contributed by atoms with E-state index in [0.717, 1.165) is 11.3 Å². The fourth-order valence-electron chi connectivity index (χ4n) is 3.02. The van der Waals surface area contributed by atoms with Crippen molar-refractivity contribution in [1.82, 2.24) is 10.2 Å². The number of fused-ring (bicyclic) bond motifs is 1. The molecule has 0 saturated carbocycles. The number of carbonyl (C=O) groups is 2. The molecule has 2 unspecified atom stereocenters. The molecule has 6 nitrogen and oxygen atoms in total. The molecule has 3 rings (SSSR count). The highest BCUT2D eigenvalue weighted by molar-refractivity contribution is 5.91. The van der Waals surface area contributed by atoms with E-state index in [0.29, 0.717) is 32.7 Å². The highest BCUT2D eigenvalue weighted by atomic mass is 16.5. The Hall–Kier alpha value is -2.08. The first-order valence-electron chi connectivity index (χ1n) is 7.20. The number of piperazine rings is 1. The molecule has 2 atom stereocenters. The number of hydrogen-bond acceptors (Lipinski definition) is 4. The van der Waals surface area contributed by atoms with Gasteiger partial charge in [0.1, 0.15) is 11.8 Å². The summed E-state index contributed by atoms with van der Waals surface area (Å²) in [5, 5.41) is 3.10. The maximum absolute atomic E-state index is 12.9. The van der Waals surface area contributed by atoms with Crippen LogP contribution < -0.4 is 15.8 Å². The second-order valence-corrected chi connectivity index (χ2v) is 5.38.